The van der Waals surface area contributed by atoms with Crippen LogP contribution in [0.1, 0.15) is 11.1 Å². The third-order valence-electron chi connectivity index (χ3n) is 5.60. The van der Waals surface area contributed by atoms with E-state index in [0.717, 1.165) is 27.3 Å². The molecule has 0 atom stereocenters. The minimum Gasteiger partial charge on any atom is -0.488 e. The number of fused-ring (bicyclic) bond motifs is 1. The number of nitrogens with one attached hydrogen (secondary N) is 1. The topological polar surface area (TPSA) is 75.7 Å². The summed E-state index contributed by atoms with van der Waals surface area (Å²) in [6, 6.07) is 25.1. The fraction of sp³-hybridized carbons (Fsp3) is 0.0357. The molecule has 1 N–H and O–H groups in total. The van der Waals surface area contributed by atoms with E-state index in [1.54, 1.807) is 24.3 Å². The highest BCUT2D eigenvalue weighted by Gasteiger charge is 2.37. The highest BCUT2D eigenvalue weighted by atomic mass is 19.1. The fourth-order valence-electron chi connectivity index (χ4n) is 3.88. The van der Waals surface area contributed by atoms with Crippen LogP contribution in [0.2, 0.25) is 0 Å². The number of ether oxygens (including phenoxy) is 1. The zero-order chi connectivity index (χ0) is 24.4. The van der Waals surface area contributed by atoms with Crippen LogP contribution < -0.4 is 15.0 Å². The van der Waals surface area contributed by atoms with E-state index in [1.807, 2.05) is 42.5 Å². The number of benzene rings is 4. The predicted molar refractivity (Wildman–Crippen MR) is 130 cm³/mol. The average Bonchev–Trinajstić information content (AvgIpc) is 2.85. The number of amides is 4. The predicted octanol–water partition coefficient (Wildman–Crippen LogP) is 5.22. The lowest BCUT2D eigenvalue weighted by molar-refractivity contribution is -0.122. The Hall–Kier alpha value is -4.78. The normalized spacial score (nSPS) is 14.9. The van der Waals surface area contributed by atoms with Gasteiger partial charge in [-0.1, -0.05) is 60.7 Å². The number of imide groups is 2. The average molecular weight is 466 g/mol. The van der Waals surface area contributed by atoms with E-state index in [2.05, 4.69) is 5.32 Å². The van der Waals surface area contributed by atoms with Crippen LogP contribution in [0.5, 0.6) is 5.75 Å². The summed E-state index contributed by atoms with van der Waals surface area (Å²) in [5, 5.41) is 4.36. The number of carbonyl (C=O) groups excluding carboxylic acids is 3. The molecule has 4 aromatic carbocycles. The summed E-state index contributed by atoms with van der Waals surface area (Å²) in [5.74, 6) is -1.84. The highest BCUT2D eigenvalue weighted by molar-refractivity contribution is 6.39. The molecule has 35 heavy (non-hydrogen) atoms. The van der Waals surface area contributed by atoms with Gasteiger partial charge in [0, 0.05) is 5.56 Å². The molecule has 0 bridgehead atoms. The van der Waals surface area contributed by atoms with Crippen molar-refractivity contribution in [1.29, 1.82) is 0 Å². The van der Waals surface area contributed by atoms with Gasteiger partial charge in [0.05, 0.1) is 5.69 Å². The number of halogens is 1. The molecule has 1 aliphatic rings. The smallest absolute Gasteiger partial charge is 0.335 e. The van der Waals surface area contributed by atoms with Gasteiger partial charge in [0.25, 0.3) is 11.8 Å². The Labute approximate surface area is 200 Å². The number of para-hydroxylation sites is 1. The molecule has 1 aliphatic heterocycles. The molecule has 1 fully saturated rings. The maximum absolute atomic E-state index is 13.7. The minimum absolute atomic E-state index is 0.0201. The van der Waals surface area contributed by atoms with Crippen molar-refractivity contribution in [3.63, 3.8) is 0 Å². The van der Waals surface area contributed by atoms with Crippen LogP contribution in [0.25, 0.3) is 16.8 Å². The Bertz CT molecular complexity index is 1510. The van der Waals surface area contributed by atoms with E-state index in [-0.39, 0.29) is 17.9 Å². The molecule has 172 valence electrons. The molecule has 0 aromatic heterocycles. The van der Waals surface area contributed by atoms with Crippen molar-refractivity contribution in [1.82, 2.24) is 5.32 Å². The Morgan fingerprint density at radius 2 is 1.60 bits per heavy atom. The molecule has 4 amide bonds. The van der Waals surface area contributed by atoms with Crippen LogP contribution in [0.3, 0.4) is 0 Å². The van der Waals surface area contributed by atoms with Gasteiger partial charge in [-0.25, -0.2) is 14.1 Å². The van der Waals surface area contributed by atoms with Gasteiger partial charge in [-0.2, -0.15) is 0 Å². The molecular weight excluding hydrogens is 447 g/mol. The Morgan fingerprint density at radius 1 is 0.829 bits per heavy atom. The standard InChI is InChI=1S/C28H19FN2O4/c29-22-9-5-10-23(16-22)31-27(33)24(26(32)30-28(31)34)15-21-8-3-4-11-25(21)35-17-18-12-13-19-6-1-2-7-20(19)14-18/h1-16H,17H2,(H,30,32,34)/b24-15+. The van der Waals surface area contributed by atoms with Crippen molar-refractivity contribution >= 4 is 40.4 Å². The minimum atomic E-state index is -0.941. The van der Waals surface area contributed by atoms with Gasteiger partial charge >= 0.3 is 6.03 Å². The first kappa shape index (κ1) is 22.0. The SMILES string of the molecule is O=C1NC(=O)N(c2cccc(F)c2)C(=O)/C1=C/c1ccccc1OCc1ccc2ccccc2c1. The largest absolute Gasteiger partial charge is 0.488 e. The van der Waals surface area contributed by atoms with Crippen LogP contribution in [0.4, 0.5) is 14.9 Å². The first-order chi connectivity index (χ1) is 17.0. The number of anilines is 1. The molecular formula is C28H19FN2O4. The van der Waals surface area contributed by atoms with Crippen molar-refractivity contribution in [3.8, 4) is 5.75 Å². The molecule has 5 rings (SSSR count). The van der Waals surface area contributed by atoms with Crippen LogP contribution in [0.15, 0.2) is 96.6 Å². The summed E-state index contributed by atoms with van der Waals surface area (Å²) < 4.78 is 19.7. The number of barbiturate groups is 1. The summed E-state index contributed by atoms with van der Waals surface area (Å²) in [7, 11) is 0. The molecule has 0 saturated carbocycles. The number of carbonyl (C=O) groups is 3. The quantitative estimate of drug-likeness (QED) is 0.323. The van der Waals surface area contributed by atoms with Gasteiger partial charge in [-0.3, -0.25) is 14.9 Å². The molecule has 4 aromatic rings. The lowest BCUT2D eigenvalue weighted by Gasteiger charge is -2.26. The molecule has 6 nitrogen and oxygen atoms in total. The molecule has 0 spiro atoms. The van der Waals surface area contributed by atoms with Crippen LogP contribution in [-0.4, -0.2) is 17.8 Å². The van der Waals surface area contributed by atoms with Gasteiger partial charge in [-0.15, -0.1) is 0 Å². The van der Waals surface area contributed by atoms with Crippen molar-refractivity contribution in [3.05, 3.63) is 114 Å². The molecule has 1 heterocycles. The molecule has 0 radical (unpaired) electrons. The third kappa shape index (κ3) is 4.52. The first-order valence-corrected chi connectivity index (χ1v) is 10.9. The van der Waals surface area contributed by atoms with E-state index >= 15 is 0 Å². The number of hydrogen-bond donors (Lipinski definition) is 1. The Morgan fingerprint density at radius 3 is 2.43 bits per heavy atom. The summed E-state index contributed by atoms with van der Waals surface area (Å²) in [5.41, 5.74) is 1.20. The summed E-state index contributed by atoms with van der Waals surface area (Å²) in [4.78, 5) is 38.7. The number of urea groups is 1. The second-order valence-corrected chi connectivity index (χ2v) is 7.95. The lowest BCUT2D eigenvalue weighted by atomic mass is 10.1. The van der Waals surface area contributed by atoms with Crippen molar-refractivity contribution in [2.75, 3.05) is 4.90 Å². The lowest BCUT2D eigenvalue weighted by Crippen LogP contribution is -2.54. The second kappa shape index (κ2) is 9.23. The van der Waals surface area contributed by atoms with E-state index in [1.165, 1.54) is 24.3 Å². The number of hydrogen-bond acceptors (Lipinski definition) is 4. The summed E-state index contributed by atoms with van der Waals surface area (Å²) in [6.45, 7) is 0.277. The van der Waals surface area contributed by atoms with Crippen LogP contribution in [-0.2, 0) is 16.2 Å². The first-order valence-electron chi connectivity index (χ1n) is 10.9. The van der Waals surface area contributed by atoms with Crippen LogP contribution >= 0.6 is 0 Å². The van der Waals surface area contributed by atoms with E-state index in [0.29, 0.717) is 11.3 Å². The van der Waals surface area contributed by atoms with Gasteiger partial charge < -0.3 is 4.74 Å². The van der Waals surface area contributed by atoms with Crippen molar-refractivity contribution in [2.45, 2.75) is 6.61 Å². The van der Waals surface area contributed by atoms with Gasteiger partial charge in [0.2, 0.25) is 0 Å². The number of nitrogens with zero attached hydrogens (tertiary/aromatic N) is 1. The second-order valence-electron chi connectivity index (χ2n) is 7.95. The van der Waals surface area contributed by atoms with E-state index < -0.39 is 23.7 Å². The van der Waals surface area contributed by atoms with Crippen LogP contribution in [0, 0.1) is 5.82 Å². The molecule has 7 heteroatoms. The third-order valence-corrected chi connectivity index (χ3v) is 5.60. The Kier molecular flexibility index (Phi) is 5.81. The summed E-state index contributed by atoms with van der Waals surface area (Å²) in [6.07, 6.45) is 1.37. The van der Waals surface area contributed by atoms with Gasteiger partial charge in [0.1, 0.15) is 23.7 Å². The Balaban J connectivity index is 1.43. The molecule has 0 unspecified atom stereocenters. The van der Waals surface area contributed by atoms with Gasteiger partial charge in [-0.05, 0) is 52.7 Å². The maximum atomic E-state index is 13.7. The maximum Gasteiger partial charge on any atom is 0.335 e. The fourth-order valence-corrected chi connectivity index (χ4v) is 3.88. The van der Waals surface area contributed by atoms with Gasteiger partial charge in [0.15, 0.2) is 0 Å². The number of rotatable bonds is 5. The zero-order valence-electron chi connectivity index (χ0n) is 18.4. The van der Waals surface area contributed by atoms with Crippen molar-refractivity contribution < 1.29 is 23.5 Å². The molecule has 0 aliphatic carbocycles. The van der Waals surface area contributed by atoms with E-state index in [4.69, 9.17) is 4.74 Å². The van der Waals surface area contributed by atoms with Crippen molar-refractivity contribution in [2.24, 2.45) is 0 Å². The molecule has 1 saturated heterocycles. The zero-order valence-corrected chi connectivity index (χ0v) is 18.4. The summed E-state index contributed by atoms with van der Waals surface area (Å²) >= 11 is 0. The monoisotopic (exact) mass is 466 g/mol. The highest BCUT2D eigenvalue weighted by Crippen LogP contribution is 2.27. The van der Waals surface area contributed by atoms with E-state index in [9.17, 15) is 18.8 Å².